The summed E-state index contributed by atoms with van der Waals surface area (Å²) in [6.45, 7) is 6.62. The van der Waals surface area contributed by atoms with E-state index in [1.54, 1.807) is 0 Å². The molecule has 0 aromatic carbocycles. The minimum Gasteiger partial charge on any atom is -0.462 e. The van der Waals surface area contributed by atoms with Gasteiger partial charge in [0.1, 0.15) is 13.2 Å². The maximum atomic E-state index is 12.9. The molecule has 0 bridgehead atoms. The second-order valence-electron chi connectivity index (χ2n) is 22.0. The lowest BCUT2D eigenvalue weighted by Gasteiger charge is -2.18. The molecule has 1 atom stereocenters. The van der Waals surface area contributed by atoms with Crippen molar-refractivity contribution in [3.8, 4) is 0 Å². The number of allylic oxidation sites excluding steroid dienone is 10. The lowest BCUT2D eigenvalue weighted by molar-refractivity contribution is -0.167. The van der Waals surface area contributed by atoms with E-state index in [0.29, 0.717) is 19.3 Å². The molecule has 0 spiro atoms. The number of unbranched alkanes of at least 4 members (excludes halogenated alkanes) is 39. The van der Waals surface area contributed by atoms with Crippen LogP contribution in [0.1, 0.15) is 342 Å². The van der Waals surface area contributed by atoms with Crippen LogP contribution in [-0.4, -0.2) is 37.2 Å². The molecule has 0 radical (unpaired) electrons. The topological polar surface area (TPSA) is 78.9 Å². The van der Waals surface area contributed by atoms with Gasteiger partial charge >= 0.3 is 17.9 Å². The van der Waals surface area contributed by atoms with Gasteiger partial charge in [0.05, 0.1) is 0 Å². The van der Waals surface area contributed by atoms with Gasteiger partial charge in [-0.2, -0.15) is 0 Å². The van der Waals surface area contributed by atoms with E-state index in [1.165, 1.54) is 225 Å². The van der Waals surface area contributed by atoms with Crippen molar-refractivity contribution in [2.75, 3.05) is 13.2 Å². The molecule has 0 N–H and O–H groups in total. The second-order valence-corrected chi connectivity index (χ2v) is 22.0. The number of esters is 3. The molecule has 0 aromatic heterocycles. The predicted molar refractivity (Wildman–Crippen MR) is 325 cm³/mol. The molecule has 0 aliphatic carbocycles. The van der Waals surface area contributed by atoms with Crippen LogP contribution in [0.4, 0.5) is 0 Å². The van der Waals surface area contributed by atoms with Gasteiger partial charge in [-0.1, -0.05) is 281 Å². The first-order valence-corrected chi connectivity index (χ1v) is 32.8. The van der Waals surface area contributed by atoms with E-state index < -0.39 is 6.10 Å². The van der Waals surface area contributed by atoms with Crippen LogP contribution in [0.2, 0.25) is 0 Å². The highest BCUT2D eigenvalue weighted by Gasteiger charge is 2.19. The average Bonchev–Trinajstić information content (AvgIpc) is 3.41. The summed E-state index contributed by atoms with van der Waals surface area (Å²) < 4.78 is 16.9. The van der Waals surface area contributed by atoms with Gasteiger partial charge in [-0.15, -0.1) is 0 Å². The molecule has 0 rings (SSSR count). The van der Waals surface area contributed by atoms with E-state index >= 15 is 0 Å². The molecule has 75 heavy (non-hydrogen) atoms. The Kier molecular flexibility index (Phi) is 61.2. The highest BCUT2D eigenvalue weighted by atomic mass is 16.6. The highest BCUT2D eigenvalue weighted by molar-refractivity contribution is 5.71. The van der Waals surface area contributed by atoms with Crippen molar-refractivity contribution in [1.82, 2.24) is 0 Å². The van der Waals surface area contributed by atoms with Crippen LogP contribution in [0.5, 0.6) is 0 Å². The van der Waals surface area contributed by atoms with Gasteiger partial charge in [-0.3, -0.25) is 14.4 Å². The van der Waals surface area contributed by atoms with E-state index in [2.05, 4.69) is 81.5 Å². The summed E-state index contributed by atoms with van der Waals surface area (Å²) in [5, 5.41) is 0. The van der Waals surface area contributed by atoms with Gasteiger partial charge in [0.15, 0.2) is 6.10 Å². The van der Waals surface area contributed by atoms with Crippen LogP contribution in [-0.2, 0) is 28.6 Å². The Morgan fingerprint density at radius 2 is 0.493 bits per heavy atom. The molecule has 0 aliphatic rings. The normalized spacial score (nSPS) is 12.4. The van der Waals surface area contributed by atoms with Crippen molar-refractivity contribution in [2.24, 2.45) is 0 Å². The summed E-state index contributed by atoms with van der Waals surface area (Å²) in [4.78, 5) is 38.3. The molecule has 0 heterocycles. The van der Waals surface area contributed by atoms with Crippen molar-refractivity contribution in [3.05, 3.63) is 60.8 Å². The summed E-state index contributed by atoms with van der Waals surface area (Å²) >= 11 is 0. The molecule has 0 fully saturated rings. The summed E-state index contributed by atoms with van der Waals surface area (Å²) in [5.41, 5.74) is 0. The zero-order chi connectivity index (χ0) is 54.3. The zero-order valence-corrected chi connectivity index (χ0v) is 50.1. The standard InChI is InChI=1S/C69H124O6/c1-4-7-10-13-16-19-22-24-26-28-30-31-32-33-34-35-36-37-39-40-42-44-47-50-53-56-59-62-68(71)74-65-66(64-73-67(70)61-58-55-52-49-46-21-18-15-12-9-6-3)75-69(72)63-60-57-54-51-48-45-43-41-38-29-27-25-23-20-17-14-11-8-5-2/h15,18,22,24-25,27-28,30,32-33,66H,4-14,16-17,19-21,23,26,29,31,34-65H2,1-3H3/b18-15-,24-22-,27-25-,30-28-,33-32-. The fraction of sp³-hybridized carbons (Fsp3) is 0.812. The van der Waals surface area contributed by atoms with Crippen LogP contribution < -0.4 is 0 Å². The van der Waals surface area contributed by atoms with E-state index in [-0.39, 0.29) is 31.1 Å². The molecule has 0 saturated carbocycles. The first-order valence-electron chi connectivity index (χ1n) is 32.8. The third-order valence-electron chi connectivity index (χ3n) is 14.5. The summed E-state index contributed by atoms with van der Waals surface area (Å²) in [6.07, 6.45) is 80.9. The van der Waals surface area contributed by atoms with Crippen LogP contribution in [0.25, 0.3) is 0 Å². The zero-order valence-electron chi connectivity index (χ0n) is 50.1. The molecular weight excluding hydrogens is 925 g/mol. The third-order valence-corrected chi connectivity index (χ3v) is 14.5. The Hall–Kier alpha value is -2.89. The van der Waals surface area contributed by atoms with Gasteiger partial charge in [-0.25, -0.2) is 0 Å². The summed E-state index contributed by atoms with van der Waals surface area (Å²) in [5.74, 6) is -0.874. The fourth-order valence-corrected chi connectivity index (χ4v) is 9.49. The first-order chi connectivity index (χ1) is 37.0. The molecular formula is C69H124O6. The maximum Gasteiger partial charge on any atom is 0.306 e. The van der Waals surface area contributed by atoms with Gasteiger partial charge in [0.2, 0.25) is 0 Å². The van der Waals surface area contributed by atoms with Gasteiger partial charge < -0.3 is 14.2 Å². The largest absolute Gasteiger partial charge is 0.462 e. The number of rotatable bonds is 60. The number of carbonyl (C=O) groups is 3. The Morgan fingerprint density at radius 3 is 0.800 bits per heavy atom. The Labute approximate surface area is 466 Å². The van der Waals surface area contributed by atoms with Crippen LogP contribution >= 0.6 is 0 Å². The van der Waals surface area contributed by atoms with Crippen molar-refractivity contribution >= 4 is 17.9 Å². The summed E-state index contributed by atoms with van der Waals surface area (Å²) in [6, 6.07) is 0. The molecule has 0 saturated heterocycles. The van der Waals surface area contributed by atoms with Crippen molar-refractivity contribution in [1.29, 1.82) is 0 Å². The quantitative estimate of drug-likeness (QED) is 0.0261. The third kappa shape index (κ3) is 61.8. The lowest BCUT2D eigenvalue weighted by Crippen LogP contribution is -2.30. The lowest BCUT2D eigenvalue weighted by atomic mass is 10.0. The molecule has 0 amide bonds. The number of carbonyl (C=O) groups excluding carboxylic acids is 3. The average molecular weight is 1050 g/mol. The van der Waals surface area contributed by atoms with Gasteiger partial charge in [0, 0.05) is 19.3 Å². The van der Waals surface area contributed by atoms with E-state index in [1.807, 2.05) is 0 Å². The molecule has 0 aliphatic heterocycles. The van der Waals surface area contributed by atoms with Gasteiger partial charge in [-0.05, 0) is 103 Å². The SMILES string of the molecule is CCCC/C=C\CCCCCCCC(=O)OCC(COC(=O)CCCCCCCCCCCCCC/C=C\C/C=C\C/C=C\CCCCCCC)OC(=O)CCCCCCCCCCC/C=C\CCCCCCCC. The Bertz CT molecular complexity index is 1340. The number of ether oxygens (including phenoxy) is 3. The van der Waals surface area contributed by atoms with Crippen molar-refractivity contribution in [2.45, 2.75) is 348 Å². The van der Waals surface area contributed by atoms with Crippen LogP contribution in [0.3, 0.4) is 0 Å². The Morgan fingerprint density at radius 1 is 0.267 bits per heavy atom. The van der Waals surface area contributed by atoms with Gasteiger partial charge in [0.25, 0.3) is 0 Å². The Balaban J connectivity index is 4.23. The number of hydrogen-bond acceptors (Lipinski definition) is 6. The molecule has 0 aromatic rings. The maximum absolute atomic E-state index is 12.9. The van der Waals surface area contributed by atoms with Crippen LogP contribution in [0.15, 0.2) is 60.8 Å². The minimum absolute atomic E-state index is 0.0765. The molecule has 1 unspecified atom stereocenters. The van der Waals surface area contributed by atoms with E-state index in [9.17, 15) is 14.4 Å². The molecule has 6 heteroatoms. The monoisotopic (exact) mass is 1050 g/mol. The van der Waals surface area contributed by atoms with E-state index in [4.69, 9.17) is 14.2 Å². The smallest absolute Gasteiger partial charge is 0.306 e. The molecule has 6 nitrogen and oxygen atoms in total. The highest BCUT2D eigenvalue weighted by Crippen LogP contribution is 2.17. The minimum atomic E-state index is -0.779. The second kappa shape index (κ2) is 63.6. The first kappa shape index (κ1) is 72.1. The van der Waals surface area contributed by atoms with Crippen molar-refractivity contribution < 1.29 is 28.6 Å². The van der Waals surface area contributed by atoms with E-state index in [0.717, 1.165) is 77.0 Å². The fourth-order valence-electron chi connectivity index (χ4n) is 9.49. The summed E-state index contributed by atoms with van der Waals surface area (Å²) in [7, 11) is 0. The van der Waals surface area contributed by atoms with Crippen LogP contribution in [0, 0.1) is 0 Å². The van der Waals surface area contributed by atoms with Crippen molar-refractivity contribution in [3.63, 3.8) is 0 Å². The predicted octanol–water partition coefficient (Wildman–Crippen LogP) is 22.3. The molecule has 436 valence electrons. The number of hydrogen-bond donors (Lipinski definition) is 0.